The minimum atomic E-state index is 0.246. The fourth-order valence-corrected chi connectivity index (χ4v) is 2.04. The van der Waals surface area contributed by atoms with Gasteiger partial charge in [-0.2, -0.15) is 0 Å². The van der Waals surface area contributed by atoms with Crippen molar-refractivity contribution in [3.8, 4) is 0 Å². The molecule has 3 nitrogen and oxygen atoms in total. The Morgan fingerprint density at radius 3 is 2.77 bits per heavy atom. The maximum atomic E-state index is 11.0. The minimum absolute atomic E-state index is 0.246. The molecule has 0 saturated carbocycles. The van der Waals surface area contributed by atoms with E-state index in [1.807, 2.05) is 43.4 Å². The topological polar surface area (TPSA) is 42.3 Å². The first kappa shape index (κ1) is 17.8. The predicted molar refractivity (Wildman–Crippen MR) is 93.8 cm³/mol. The Morgan fingerprint density at radius 1 is 1.36 bits per heavy atom. The SMILES string of the molecule is C=NC(=CC=CC)C(=CCCCCC(C)=O)c1ccccn1. The molecule has 0 saturated heterocycles. The van der Waals surface area contributed by atoms with Crippen LogP contribution in [0.15, 0.2) is 59.4 Å². The van der Waals surface area contributed by atoms with Crippen molar-refractivity contribution in [1.82, 2.24) is 4.98 Å². The number of nitrogens with zero attached hydrogens (tertiary/aromatic N) is 2. The van der Waals surface area contributed by atoms with Crippen LogP contribution in [-0.2, 0) is 4.79 Å². The standard InChI is InChI=1S/C19H24N2O/c1-4-5-13-18(20-3)17(19-14-9-10-15-21-19)12-8-6-7-11-16(2)22/h4-5,9-10,12-15H,3,6-8,11H2,1-2H3. The normalized spacial score (nSPS) is 12.6. The van der Waals surface area contributed by atoms with E-state index in [0.29, 0.717) is 6.42 Å². The second-order valence-corrected chi connectivity index (χ2v) is 5.02. The van der Waals surface area contributed by atoms with E-state index in [1.165, 1.54) is 0 Å². The number of Topliss-reactive ketones (excluding diaryl/α,β-unsaturated/α-hetero) is 1. The molecule has 1 aromatic rings. The predicted octanol–water partition coefficient (Wildman–Crippen LogP) is 4.78. The molecule has 0 spiro atoms. The van der Waals surface area contributed by atoms with Gasteiger partial charge in [-0.15, -0.1) is 0 Å². The van der Waals surface area contributed by atoms with Crippen LogP contribution >= 0.6 is 0 Å². The van der Waals surface area contributed by atoms with E-state index in [-0.39, 0.29) is 5.78 Å². The molecule has 0 amide bonds. The highest BCUT2D eigenvalue weighted by Gasteiger charge is 2.07. The number of unbranched alkanes of at least 4 members (excludes halogenated alkanes) is 2. The second kappa shape index (κ2) is 10.4. The van der Waals surface area contributed by atoms with Crippen molar-refractivity contribution in [3.05, 3.63) is 60.1 Å². The van der Waals surface area contributed by atoms with Gasteiger partial charge in [0.1, 0.15) is 5.78 Å². The summed E-state index contributed by atoms with van der Waals surface area (Å²) in [4.78, 5) is 19.5. The van der Waals surface area contributed by atoms with Crippen molar-refractivity contribution in [3.63, 3.8) is 0 Å². The van der Waals surface area contributed by atoms with Gasteiger partial charge in [-0.05, 0) is 58.0 Å². The smallest absolute Gasteiger partial charge is 0.129 e. The average Bonchev–Trinajstić information content (AvgIpc) is 2.53. The molecule has 3 heteroatoms. The van der Waals surface area contributed by atoms with Gasteiger partial charge in [-0.3, -0.25) is 9.98 Å². The lowest BCUT2D eigenvalue weighted by Crippen LogP contribution is -1.92. The van der Waals surface area contributed by atoms with Crippen LogP contribution < -0.4 is 0 Å². The summed E-state index contributed by atoms with van der Waals surface area (Å²) in [6, 6.07) is 5.82. The van der Waals surface area contributed by atoms with E-state index < -0.39 is 0 Å². The molecular weight excluding hydrogens is 272 g/mol. The highest BCUT2D eigenvalue weighted by atomic mass is 16.1. The van der Waals surface area contributed by atoms with Crippen molar-refractivity contribution < 1.29 is 4.79 Å². The summed E-state index contributed by atoms with van der Waals surface area (Å²) in [6.07, 6.45) is 13.2. The summed E-state index contributed by atoms with van der Waals surface area (Å²) in [5.74, 6) is 0.246. The van der Waals surface area contributed by atoms with E-state index in [0.717, 1.165) is 36.2 Å². The maximum absolute atomic E-state index is 11.0. The molecule has 0 radical (unpaired) electrons. The summed E-state index contributed by atoms with van der Waals surface area (Å²) >= 11 is 0. The Bertz CT molecular complexity index is 568. The summed E-state index contributed by atoms with van der Waals surface area (Å²) < 4.78 is 0. The van der Waals surface area contributed by atoms with Crippen LogP contribution in [-0.4, -0.2) is 17.5 Å². The highest BCUT2D eigenvalue weighted by molar-refractivity contribution is 5.78. The molecule has 0 aromatic carbocycles. The Balaban J connectivity index is 2.91. The van der Waals surface area contributed by atoms with E-state index in [4.69, 9.17) is 0 Å². The first-order valence-corrected chi connectivity index (χ1v) is 7.60. The van der Waals surface area contributed by atoms with Crippen molar-refractivity contribution in [1.29, 1.82) is 0 Å². The van der Waals surface area contributed by atoms with Gasteiger partial charge in [0.15, 0.2) is 0 Å². The van der Waals surface area contributed by atoms with Crippen molar-refractivity contribution in [2.24, 2.45) is 4.99 Å². The van der Waals surface area contributed by atoms with Gasteiger partial charge in [-0.25, -0.2) is 0 Å². The molecule has 0 aliphatic carbocycles. The number of allylic oxidation sites excluding steroid dienone is 5. The number of carbonyl (C=O) groups is 1. The third-order valence-electron chi connectivity index (χ3n) is 3.17. The van der Waals surface area contributed by atoms with Gasteiger partial charge in [0.2, 0.25) is 0 Å². The second-order valence-electron chi connectivity index (χ2n) is 5.02. The molecule has 0 aliphatic rings. The number of hydrogen-bond donors (Lipinski definition) is 0. The van der Waals surface area contributed by atoms with Crippen LogP contribution in [0.5, 0.6) is 0 Å². The monoisotopic (exact) mass is 296 g/mol. The van der Waals surface area contributed by atoms with Gasteiger partial charge in [0.25, 0.3) is 0 Å². The van der Waals surface area contributed by atoms with Crippen LogP contribution in [0.4, 0.5) is 0 Å². The van der Waals surface area contributed by atoms with Crippen LogP contribution in [0.2, 0.25) is 0 Å². The fraction of sp³-hybridized carbons (Fsp3) is 0.316. The largest absolute Gasteiger partial charge is 0.300 e. The van der Waals surface area contributed by atoms with Crippen molar-refractivity contribution in [2.75, 3.05) is 0 Å². The first-order chi connectivity index (χ1) is 10.7. The van der Waals surface area contributed by atoms with Gasteiger partial charge in [0, 0.05) is 18.2 Å². The summed E-state index contributed by atoms with van der Waals surface area (Å²) in [5, 5.41) is 0. The first-order valence-electron chi connectivity index (χ1n) is 7.60. The van der Waals surface area contributed by atoms with Gasteiger partial charge in [0.05, 0.1) is 11.4 Å². The van der Waals surface area contributed by atoms with Crippen LogP contribution in [0.1, 0.15) is 45.2 Å². The van der Waals surface area contributed by atoms with Gasteiger partial charge in [-0.1, -0.05) is 24.3 Å². The Labute approximate surface area is 133 Å². The minimum Gasteiger partial charge on any atom is -0.300 e. The highest BCUT2D eigenvalue weighted by Crippen LogP contribution is 2.23. The quantitative estimate of drug-likeness (QED) is 0.374. The molecular formula is C19H24N2O. The summed E-state index contributed by atoms with van der Waals surface area (Å²) in [6.45, 7) is 7.26. The molecule has 0 bridgehead atoms. The summed E-state index contributed by atoms with van der Waals surface area (Å²) in [5.41, 5.74) is 2.68. The Hall–Kier alpha value is -2.29. The lowest BCUT2D eigenvalue weighted by Gasteiger charge is -2.07. The van der Waals surface area contributed by atoms with E-state index in [9.17, 15) is 4.79 Å². The van der Waals surface area contributed by atoms with E-state index in [1.54, 1.807) is 13.1 Å². The number of carbonyl (C=O) groups excluding carboxylic acids is 1. The molecule has 22 heavy (non-hydrogen) atoms. The molecule has 1 heterocycles. The van der Waals surface area contributed by atoms with Crippen LogP contribution in [0.25, 0.3) is 5.57 Å². The molecule has 0 fully saturated rings. The summed E-state index contributed by atoms with van der Waals surface area (Å²) in [7, 11) is 0. The molecule has 0 N–H and O–H groups in total. The zero-order valence-electron chi connectivity index (χ0n) is 13.5. The van der Waals surface area contributed by atoms with Crippen LogP contribution in [0.3, 0.4) is 0 Å². The zero-order valence-corrected chi connectivity index (χ0v) is 13.5. The van der Waals surface area contributed by atoms with Gasteiger partial charge < -0.3 is 4.79 Å². The third-order valence-corrected chi connectivity index (χ3v) is 3.17. The Morgan fingerprint density at radius 2 is 2.18 bits per heavy atom. The van der Waals surface area contributed by atoms with Crippen molar-refractivity contribution in [2.45, 2.75) is 39.5 Å². The number of pyridine rings is 1. The lowest BCUT2D eigenvalue weighted by atomic mass is 10.0. The number of aromatic nitrogens is 1. The van der Waals surface area contributed by atoms with Crippen LogP contribution in [0, 0.1) is 0 Å². The molecule has 116 valence electrons. The molecule has 0 atom stereocenters. The van der Waals surface area contributed by atoms with E-state index >= 15 is 0 Å². The number of ketones is 1. The lowest BCUT2D eigenvalue weighted by molar-refractivity contribution is -0.117. The maximum Gasteiger partial charge on any atom is 0.129 e. The Kier molecular flexibility index (Phi) is 8.43. The van der Waals surface area contributed by atoms with Gasteiger partial charge >= 0.3 is 0 Å². The zero-order chi connectivity index (χ0) is 16.2. The fourth-order valence-electron chi connectivity index (χ4n) is 2.04. The number of rotatable bonds is 9. The molecule has 0 unspecified atom stereocenters. The molecule has 1 aromatic heterocycles. The number of aliphatic imine (C=N–C) groups is 1. The third kappa shape index (κ3) is 6.44. The average molecular weight is 296 g/mol. The molecule has 1 rings (SSSR count). The van der Waals surface area contributed by atoms with Crippen molar-refractivity contribution >= 4 is 18.1 Å². The van der Waals surface area contributed by atoms with E-state index in [2.05, 4.69) is 22.8 Å². The number of hydrogen-bond acceptors (Lipinski definition) is 3. The molecule has 0 aliphatic heterocycles.